The van der Waals surface area contributed by atoms with Crippen molar-refractivity contribution in [3.63, 3.8) is 0 Å². The topological polar surface area (TPSA) is 79.6 Å². The Morgan fingerprint density at radius 3 is 2.85 bits per heavy atom. The van der Waals surface area contributed by atoms with Gasteiger partial charge in [0, 0.05) is 0 Å². The van der Waals surface area contributed by atoms with Gasteiger partial charge in [0.15, 0.2) is 11.5 Å². The SMILES string of the molecule is C=CCOC(=O)C(C#N)=Cc1cc(Br)c(O)c(OC)c1. The summed E-state index contributed by atoms with van der Waals surface area (Å²) in [6, 6.07) is 4.81. The van der Waals surface area contributed by atoms with Crippen molar-refractivity contribution in [2.24, 2.45) is 0 Å². The van der Waals surface area contributed by atoms with Crippen LogP contribution in [0.3, 0.4) is 0 Å². The molecule has 6 heteroatoms. The third-order valence-corrected chi connectivity index (χ3v) is 2.86. The number of phenolic OH excluding ortho intramolecular Hbond substituents is 1. The van der Waals surface area contributed by atoms with Crippen molar-refractivity contribution in [3.05, 3.63) is 40.4 Å². The molecule has 20 heavy (non-hydrogen) atoms. The molecule has 1 aromatic carbocycles. The van der Waals surface area contributed by atoms with Crippen molar-refractivity contribution in [3.8, 4) is 17.6 Å². The normalized spacial score (nSPS) is 10.6. The van der Waals surface area contributed by atoms with E-state index in [1.54, 1.807) is 12.1 Å². The fourth-order valence-corrected chi connectivity index (χ4v) is 1.81. The Kier molecular flexibility index (Phi) is 5.81. The fourth-order valence-electron chi connectivity index (χ4n) is 1.35. The molecule has 0 aliphatic rings. The number of esters is 1. The Bertz CT molecular complexity index is 602. The summed E-state index contributed by atoms with van der Waals surface area (Å²) in [7, 11) is 1.40. The number of rotatable bonds is 5. The molecule has 0 fully saturated rings. The monoisotopic (exact) mass is 337 g/mol. The van der Waals surface area contributed by atoms with Gasteiger partial charge >= 0.3 is 5.97 Å². The van der Waals surface area contributed by atoms with E-state index < -0.39 is 5.97 Å². The van der Waals surface area contributed by atoms with Crippen molar-refractivity contribution >= 4 is 28.0 Å². The van der Waals surface area contributed by atoms with E-state index in [0.717, 1.165) is 0 Å². The van der Waals surface area contributed by atoms with E-state index in [0.29, 0.717) is 10.0 Å². The molecule has 0 bridgehead atoms. The number of hydrogen-bond donors (Lipinski definition) is 1. The zero-order valence-electron chi connectivity index (χ0n) is 10.7. The summed E-state index contributed by atoms with van der Waals surface area (Å²) in [5, 5.41) is 18.6. The van der Waals surface area contributed by atoms with Gasteiger partial charge in [0.05, 0.1) is 11.6 Å². The van der Waals surface area contributed by atoms with Gasteiger partial charge in [0.25, 0.3) is 0 Å². The molecule has 0 unspecified atom stereocenters. The maximum atomic E-state index is 11.6. The molecule has 0 heterocycles. The van der Waals surface area contributed by atoms with Crippen LogP contribution in [-0.2, 0) is 9.53 Å². The first kappa shape index (κ1) is 15.8. The average Bonchev–Trinajstić information content (AvgIpc) is 2.45. The van der Waals surface area contributed by atoms with Crippen LogP contribution in [0, 0.1) is 11.3 Å². The fraction of sp³-hybridized carbons (Fsp3) is 0.143. The minimum atomic E-state index is -0.740. The number of methoxy groups -OCH3 is 1. The van der Waals surface area contributed by atoms with Crippen LogP contribution in [0.1, 0.15) is 5.56 Å². The van der Waals surface area contributed by atoms with Gasteiger partial charge in [-0.25, -0.2) is 4.79 Å². The van der Waals surface area contributed by atoms with E-state index in [2.05, 4.69) is 22.5 Å². The summed E-state index contributed by atoms with van der Waals surface area (Å²) in [5.74, 6) is -0.574. The van der Waals surface area contributed by atoms with Crippen LogP contribution in [0.4, 0.5) is 0 Å². The van der Waals surface area contributed by atoms with Crippen LogP contribution < -0.4 is 4.74 Å². The van der Waals surface area contributed by atoms with E-state index >= 15 is 0 Å². The third kappa shape index (κ3) is 3.87. The highest BCUT2D eigenvalue weighted by molar-refractivity contribution is 9.10. The van der Waals surface area contributed by atoms with Gasteiger partial charge in [-0.3, -0.25) is 0 Å². The molecule has 1 N–H and O–H groups in total. The molecule has 1 aromatic rings. The highest BCUT2D eigenvalue weighted by atomic mass is 79.9. The molecule has 0 aliphatic heterocycles. The number of nitriles is 1. The lowest BCUT2D eigenvalue weighted by atomic mass is 10.1. The first-order valence-electron chi connectivity index (χ1n) is 5.49. The first-order valence-corrected chi connectivity index (χ1v) is 6.29. The molecule has 0 radical (unpaired) electrons. The summed E-state index contributed by atoms with van der Waals surface area (Å²) >= 11 is 3.16. The quantitative estimate of drug-likeness (QED) is 0.386. The zero-order chi connectivity index (χ0) is 15.1. The maximum absolute atomic E-state index is 11.6. The molecule has 1 rings (SSSR count). The minimum absolute atomic E-state index is 0.0282. The van der Waals surface area contributed by atoms with Crippen molar-refractivity contribution in [1.29, 1.82) is 5.26 Å². The highest BCUT2D eigenvalue weighted by Gasteiger charge is 2.12. The van der Waals surface area contributed by atoms with E-state index in [-0.39, 0.29) is 23.7 Å². The number of carbonyl (C=O) groups is 1. The lowest BCUT2D eigenvalue weighted by Crippen LogP contribution is -2.06. The highest BCUT2D eigenvalue weighted by Crippen LogP contribution is 2.35. The number of halogens is 1. The van der Waals surface area contributed by atoms with Gasteiger partial charge in [0.2, 0.25) is 0 Å². The number of carbonyl (C=O) groups excluding carboxylic acids is 1. The summed E-state index contributed by atoms with van der Waals surface area (Å²) in [5.41, 5.74) is 0.352. The number of benzene rings is 1. The molecule has 0 amide bonds. The largest absolute Gasteiger partial charge is 0.503 e. The van der Waals surface area contributed by atoms with Gasteiger partial charge in [0.1, 0.15) is 18.2 Å². The smallest absolute Gasteiger partial charge is 0.349 e. The van der Waals surface area contributed by atoms with E-state index in [4.69, 9.17) is 14.7 Å². The minimum Gasteiger partial charge on any atom is -0.503 e. The van der Waals surface area contributed by atoms with Gasteiger partial charge in [-0.05, 0) is 39.7 Å². The molecular formula is C14H12BrNO4. The summed E-state index contributed by atoms with van der Waals surface area (Å²) < 4.78 is 10.2. The van der Waals surface area contributed by atoms with Crippen LogP contribution in [0.25, 0.3) is 6.08 Å². The Hall–Kier alpha value is -2.26. The van der Waals surface area contributed by atoms with Gasteiger partial charge in [-0.2, -0.15) is 5.26 Å². The zero-order valence-corrected chi connectivity index (χ0v) is 12.3. The molecular weight excluding hydrogens is 326 g/mol. The summed E-state index contributed by atoms with van der Waals surface area (Å²) in [4.78, 5) is 11.6. The van der Waals surface area contributed by atoms with E-state index in [1.165, 1.54) is 25.3 Å². The number of nitrogens with zero attached hydrogens (tertiary/aromatic N) is 1. The molecule has 0 saturated heterocycles. The van der Waals surface area contributed by atoms with Crippen molar-refractivity contribution in [2.45, 2.75) is 0 Å². The second-order valence-corrected chi connectivity index (χ2v) is 4.46. The van der Waals surface area contributed by atoms with Crippen LogP contribution >= 0.6 is 15.9 Å². The number of aromatic hydroxyl groups is 1. The molecule has 0 saturated carbocycles. The predicted octanol–water partition coefficient (Wildman–Crippen LogP) is 2.80. The second-order valence-electron chi connectivity index (χ2n) is 3.61. The molecule has 104 valence electrons. The van der Waals surface area contributed by atoms with Gasteiger partial charge in [-0.1, -0.05) is 12.7 Å². The van der Waals surface area contributed by atoms with E-state index in [9.17, 15) is 9.90 Å². The summed E-state index contributed by atoms with van der Waals surface area (Å²) in [6.07, 6.45) is 2.76. The Morgan fingerprint density at radius 1 is 1.60 bits per heavy atom. The third-order valence-electron chi connectivity index (χ3n) is 2.25. The van der Waals surface area contributed by atoms with Crippen molar-refractivity contribution < 1.29 is 19.4 Å². The summed E-state index contributed by atoms with van der Waals surface area (Å²) in [6.45, 7) is 3.44. The molecule has 0 spiro atoms. The van der Waals surface area contributed by atoms with Crippen LogP contribution in [0.2, 0.25) is 0 Å². The van der Waals surface area contributed by atoms with Gasteiger partial charge < -0.3 is 14.6 Å². The molecule has 5 nitrogen and oxygen atoms in total. The number of hydrogen-bond acceptors (Lipinski definition) is 5. The second kappa shape index (κ2) is 7.36. The average molecular weight is 338 g/mol. The van der Waals surface area contributed by atoms with Crippen molar-refractivity contribution in [2.75, 3.05) is 13.7 Å². The van der Waals surface area contributed by atoms with E-state index in [1.807, 2.05) is 0 Å². The van der Waals surface area contributed by atoms with Crippen LogP contribution in [0.15, 0.2) is 34.8 Å². The molecule has 0 aliphatic carbocycles. The van der Waals surface area contributed by atoms with Crippen LogP contribution in [-0.4, -0.2) is 24.8 Å². The maximum Gasteiger partial charge on any atom is 0.349 e. The lowest BCUT2D eigenvalue weighted by Gasteiger charge is -2.07. The predicted molar refractivity (Wildman–Crippen MR) is 77.1 cm³/mol. The molecule has 0 aromatic heterocycles. The Labute approximate surface area is 124 Å². The first-order chi connectivity index (χ1) is 9.53. The van der Waals surface area contributed by atoms with Crippen LogP contribution in [0.5, 0.6) is 11.5 Å². The Balaban J connectivity index is 3.14. The molecule has 0 atom stereocenters. The number of phenols is 1. The number of ether oxygens (including phenoxy) is 2. The lowest BCUT2D eigenvalue weighted by molar-refractivity contribution is -0.137. The van der Waals surface area contributed by atoms with Crippen molar-refractivity contribution in [1.82, 2.24) is 0 Å². The Morgan fingerprint density at radius 2 is 2.30 bits per heavy atom. The standard InChI is InChI=1S/C14H12BrNO4/c1-3-4-20-14(18)10(8-16)5-9-6-11(15)13(17)12(7-9)19-2/h3,5-7,17H,1,4H2,2H3. The van der Waals surface area contributed by atoms with Gasteiger partial charge in [-0.15, -0.1) is 0 Å².